The Bertz CT molecular complexity index is 485. The fourth-order valence-corrected chi connectivity index (χ4v) is 1.39. The van der Waals surface area contributed by atoms with Crippen LogP contribution in [0.4, 0.5) is 10.7 Å². The number of carbonyl (C=O) groups is 1. The highest BCUT2D eigenvalue weighted by Gasteiger charge is 2.13. The van der Waals surface area contributed by atoms with E-state index in [1.807, 2.05) is 0 Å². The van der Waals surface area contributed by atoms with E-state index in [1.54, 1.807) is 5.01 Å². The number of nitro groups is 1. The second-order valence-electron chi connectivity index (χ2n) is 3.58. The smallest absolute Gasteiger partial charge is 0.432 e. The Kier molecular flexibility index (Phi) is 3.96. The van der Waals surface area contributed by atoms with Crippen molar-refractivity contribution in [2.75, 3.05) is 26.3 Å². The molecule has 0 N–H and O–H groups in total. The van der Waals surface area contributed by atoms with Gasteiger partial charge in [0.25, 0.3) is 0 Å². The molecule has 1 fully saturated rings. The fourth-order valence-electron chi connectivity index (χ4n) is 1.39. The number of furan rings is 1. The SMILES string of the molecule is O=C1OCCN(N=Cc2ccc([N+](=O)[O-])o2)CCO1. The maximum Gasteiger partial charge on any atom is 0.508 e. The molecule has 19 heavy (non-hydrogen) atoms. The molecule has 2 heterocycles. The fraction of sp³-hybridized carbons (Fsp3) is 0.400. The minimum absolute atomic E-state index is 0.161. The molecular weight excluding hydrogens is 258 g/mol. The molecule has 0 atom stereocenters. The Morgan fingerprint density at radius 1 is 1.32 bits per heavy atom. The summed E-state index contributed by atoms with van der Waals surface area (Å²) >= 11 is 0. The molecule has 0 amide bonds. The van der Waals surface area contributed by atoms with Crippen molar-refractivity contribution in [3.8, 4) is 0 Å². The number of ether oxygens (including phenoxy) is 2. The van der Waals surface area contributed by atoms with Crippen LogP contribution in [-0.2, 0) is 9.47 Å². The molecule has 0 bridgehead atoms. The number of carbonyl (C=O) groups excluding carboxylic acids is 1. The number of cyclic esters (lactones) is 2. The summed E-state index contributed by atoms with van der Waals surface area (Å²) in [7, 11) is 0. The first-order valence-electron chi connectivity index (χ1n) is 5.48. The van der Waals surface area contributed by atoms with Crippen LogP contribution in [0.25, 0.3) is 0 Å². The summed E-state index contributed by atoms with van der Waals surface area (Å²) in [5.41, 5.74) is 0. The van der Waals surface area contributed by atoms with Crippen LogP contribution >= 0.6 is 0 Å². The number of hydrogen-bond donors (Lipinski definition) is 0. The molecule has 1 aromatic heterocycles. The first kappa shape index (κ1) is 12.9. The van der Waals surface area contributed by atoms with E-state index in [0.29, 0.717) is 13.1 Å². The molecule has 0 spiro atoms. The summed E-state index contributed by atoms with van der Waals surface area (Å²) in [6.07, 6.45) is 0.668. The number of hydrogen-bond acceptors (Lipinski definition) is 8. The summed E-state index contributed by atoms with van der Waals surface area (Å²) < 4.78 is 14.3. The molecule has 9 nitrogen and oxygen atoms in total. The van der Waals surface area contributed by atoms with Crippen molar-refractivity contribution < 1.29 is 23.6 Å². The van der Waals surface area contributed by atoms with Gasteiger partial charge in [-0.3, -0.25) is 15.1 Å². The lowest BCUT2D eigenvalue weighted by atomic mass is 10.5. The van der Waals surface area contributed by atoms with E-state index in [0.717, 1.165) is 0 Å². The Morgan fingerprint density at radius 2 is 2.00 bits per heavy atom. The second kappa shape index (κ2) is 5.85. The highest BCUT2D eigenvalue weighted by atomic mass is 16.7. The van der Waals surface area contributed by atoms with Gasteiger partial charge in [-0.05, 0) is 6.07 Å². The van der Waals surface area contributed by atoms with Gasteiger partial charge in [0.1, 0.15) is 18.1 Å². The second-order valence-corrected chi connectivity index (χ2v) is 3.58. The normalized spacial score (nSPS) is 16.6. The van der Waals surface area contributed by atoms with Gasteiger partial charge in [-0.25, -0.2) is 4.79 Å². The molecule has 1 saturated heterocycles. The van der Waals surface area contributed by atoms with Gasteiger partial charge in [-0.1, -0.05) is 0 Å². The Labute approximate surface area is 107 Å². The molecule has 1 aromatic rings. The molecule has 0 unspecified atom stereocenters. The molecule has 0 radical (unpaired) electrons. The molecular formula is C10H11N3O6. The van der Waals surface area contributed by atoms with E-state index in [9.17, 15) is 14.9 Å². The first-order chi connectivity index (χ1) is 9.15. The lowest BCUT2D eigenvalue weighted by molar-refractivity contribution is -0.402. The quantitative estimate of drug-likeness (QED) is 0.348. The average Bonchev–Trinajstić information content (AvgIpc) is 2.81. The summed E-state index contributed by atoms with van der Waals surface area (Å²) in [4.78, 5) is 20.6. The van der Waals surface area contributed by atoms with Crippen LogP contribution in [0.2, 0.25) is 0 Å². The van der Waals surface area contributed by atoms with E-state index in [4.69, 9.17) is 13.9 Å². The molecule has 0 aliphatic carbocycles. The zero-order valence-corrected chi connectivity index (χ0v) is 9.85. The lowest BCUT2D eigenvalue weighted by Crippen LogP contribution is -2.31. The zero-order valence-electron chi connectivity index (χ0n) is 9.85. The lowest BCUT2D eigenvalue weighted by Gasteiger charge is -2.21. The molecule has 0 saturated carbocycles. The Hall–Kier alpha value is -2.58. The summed E-state index contributed by atoms with van der Waals surface area (Å²) in [5, 5.41) is 16.1. The van der Waals surface area contributed by atoms with Gasteiger partial charge in [0, 0.05) is 0 Å². The average molecular weight is 269 g/mol. The van der Waals surface area contributed by atoms with Crippen molar-refractivity contribution in [3.05, 3.63) is 28.0 Å². The van der Waals surface area contributed by atoms with Gasteiger partial charge < -0.3 is 13.9 Å². The van der Waals surface area contributed by atoms with Gasteiger partial charge in [-0.15, -0.1) is 0 Å². The van der Waals surface area contributed by atoms with Crippen molar-refractivity contribution in [3.63, 3.8) is 0 Å². The maximum atomic E-state index is 10.8. The van der Waals surface area contributed by atoms with Crippen LogP contribution in [0, 0.1) is 10.1 Å². The molecule has 102 valence electrons. The minimum atomic E-state index is -0.690. The number of hydrazone groups is 1. The van der Waals surface area contributed by atoms with Crippen molar-refractivity contribution >= 4 is 18.3 Å². The Balaban J connectivity index is 1.93. The molecule has 2 rings (SSSR count). The van der Waals surface area contributed by atoms with Crippen molar-refractivity contribution in [1.82, 2.24) is 5.01 Å². The van der Waals surface area contributed by atoms with Crippen LogP contribution < -0.4 is 0 Å². The van der Waals surface area contributed by atoms with Crippen LogP contribution in [0.15, 0.2) is 21.7 Å². The predicted octanol–water partition coefficient (Wildman–Crippen LogP) is 0.991. The van der Waals surface area contributed by atoms with E-state index < -0.39 is 11.1 Å². The molecule has 9 heteroatoms. The van der Waals surface area contributed by atoms with Crippen LogP contribution in [-0.4, -0.2) is 48.6 Å². The molecule has 1 aliphatic heterocycles. The van der Waals surface area contributed by atoms with E-state index in [-0.39, 0.29) is 24.9 Å². The summed E-state index contributed by atoms with van der Waals surface area (Å²) in [5.74, 6) is -0.0712. The van der Waals surface area contributed by atoms with Crippen LogP contribution in [0.3, 0.4) is 0 Å². The van der Waals surface area contributed by atoms with Gasteiger partial charge >= 0.3 is 12.0 Å². The van der Waals surface area contributed by atoms with E-state index >= 15 is 0 Å². The third-order valence-corrected chi connectivity index (χ3v) is 2.28. The third kappa shape index (κ3) is 3.69. The largest absolute Gasteiger partial charge is 0.508 e. The standard InChI is InChI=1S/C10H11N3O6/c14-10-17-5-3-12(4-6-18-10)11-7-8-1-2-9(19-8)13(15)16/h1-2,7H,3-6H2. The summed E-state index contributed by atoms with van der Waals surface area (Å²) in [6, 6.07) is 2.70. The zero-order chi connectivity index (χ0) is 13.7. The van der Waals surface area contributed by atoms with Crippen molar-refractivity contribution in [1.29, 1.82) is 0 Å². The van der Waals surface area contributed by atoms with Gasteiger partial charge in [0.2, 0.25) is 0 Å². The van der Waals surface area contributed by atoms with Gasteiger partial charge in [0.05, 0.1) is 25.4 Å². The van der Waals surface area contributed by atoms with Crippen molar-refractivity contribution in [2.24, 2.45) is 5.10 Å². The minimum Gasteiger partial charge on any atom is -0.432 e. The Morgan fingerprint density at radius 3 is 2.58 bits per heavy atom. The molecule has 0 aromatic carbocycles. The topological polar surface area (TPSA) is 107 Å². The van der Waals surface area contributed by atoms with Crippen molar-refractivity contribution in [2.45, 2.75) is 0 Å². The van der Waals surface area contributed by atoms with E-state index in [2.05, 4.69) is 5.10 Å². The summed E-state index contributed by atoms with van der Waals surface area (Å²) in [6.45, 7) is 1.14. The number of rotatable bonds is 3. The van der Waals surface area contributed by atoms with Gasteiger partial charge in [0.15, 0.2) is 5.76 Å². The first-order valence-corrected chi connectivity index (χ1v) is 5.48. The number of nitrogens with zero attached hydrogens (tertiary/aromatic N) is 3. The maximum absolute atomic E-state index is 10.8. The van der Waals surface area contributed by atoms with E-state index in [1.165, 1.54) is 18.3 Å². The van der Waals surface area contributed by atoms with Gasteiger partial charge in [-0.2, -0.15) is 5.10 Å². The predicted molar refractivity (Wildman–Crippen MR) is 61.8 cm³/mol. The highest BCUT2D eigenvalue weighted by molar-refractivity contribution is 5.76. The monoisotopic (exact) mass is 269 g/mol. The van der Waals surface area contributed by atoms with Crippen LogP contribution in [0.1, 0.15) is 5.76 Å². The third-order valence-electron chi connectivity index (χ3n) is 2.28. The highest BCUT2D eigenvalue weighted by Crippen LogP contribution is 2.14. The van der Waals surface area contributed by atoms with Crippen LogP contribution in [0.5, 0.6) is 0 Å². The molecule has 1 aliphatic rings.